The van der Waals surface area contributed by atoms with Gasteiger partial charge in [0.05, 0.1) is 6.54 Å². The van der Waals surface area contributed by atoms with Gasteiger partial charge in [0, 0.05) is 13.0 Å². The molecule has 2 unspecified atom stereocenters. The molecule has 0 spiro atoms. The molecule has 20 heavy (non-hydrogen) atoms. The van der Waals surface area contributed by atoms with E-state index in [0.29, 0.717) is 19.4 Å². The van der Waals surface area contributed by atoms with Crippen molar-refractivity contribution in [3.8, 4) is 0 Å². The Balaban J connectivity index is 2.02. The zero-order valence-corrected chi connectivity index (χ0v) is 11.9. The number of rotatable bonds is 4. The monoisotopic (exact) mass is 282 g/mol. The van der Waals surface area contributed by atoms with Crippen molar-refractivity contribution in [3.05, 3.63) is 0 Å². The van der Waals surface area contributed by atoms with Gasteiger partial charge in [-0.2, -0.15) is 0 Å². The first-order chi connectivity index (χ1) is 9.45. The van der Waals surface area contributed by atoms with E-state index in [1.165, 1.54) is 4.90 Å². The van der Waals surface area contributed by atoms with Gasteiger partial charge >= 0.3 is 5.97 Å². The summed E-state index contributed by atoms with van der Waals surface area (Å²) < 4.78 is 0. The number of likely N-dealkylation sites (tertiary alicyclic amines) is 1. The van der Waals surface area contributed by atoms with E-state index in [1.807, 2.05) is 6.92 Å². The topological polar surface area (TPSA) is 86.7 Å². The Morgan fingerprint density at radius 1 is 1.40 bits per heavy atom. The smallest absolute Gasteiger partial charge is 0.329 e. The molecule has 0 aromatic heterocycles. The highest BCUT2D eigenvalue weighted by Crippen LogP contribution is 2.34. The maximum Gasteiger partial charge on any atom is 0.329 e. The molecule has 6 heteroatoms. The molecule has 0 bridgehead atoms. The van der Waals surface area contributed by atoms with Crippen LogP contribution in [0.4, 0.5) is 0 Å². The average molecular weight is 282 g/mol. The molecule has 2 atom stereocenters. The Morgan fingerprint density at radius 3 is 2.70 bits per heavy atom. The van der Waals surface area contributed by atoms with Crippen molar-refractivity contribution in [2.45, 2.75) is 51.0 Å². The number of hydrogen-bond donors (Lipinski definition) is 2. The van der Waals surface area contributed by atoms with Crippen LogP contribution in [0.3, 0.4) is 0 Å². The predicted molar refractivity (Wildman–Crippen MR) is 72.0 cm³/mol. The van der Waals surface area contributed by atoms with E-state index in [4.69, 9.17) is 0 Å². The van der Waals surface area contributed by atoms with Crippen LogP contribution in [0.1, 0.15) is 45.4 Å². The highest BCUT2D eigenvalue weighted by atomic mass is 16.4. The van der Waals surface area contributed by atoms with Crippen molar-refractivity contribution in [2.24, 2.45) is 5.92 Å². The van der Waals surface area contributed by atoms with Crippen molar-refractivity contribution < 1.29 is 19.5 Å². The molecule has 0 radical (unpaired) electrons. The molecule has 1 aliphatic carbocycles. The fourth-order valence-corrected chi connectivity index (χ4v) is 3.24. The molecule has 1 saturated heterocycles. The summed E-state index contributed by atoms with van der Waals surface area (Å²) >= 11 is 0. The Bertz CT molecular complexity index is 423. The number of carboxylic acids is 1. The molecule has 2 fully saturated rings. The third-order valence-corrected chi connectivity index (χ3v) is 4.55. The number of hydrogen-bond acceptors (Lipinski definition) is 3. The van der Waals surface area contributed by atoms with E-state index in [0.717, 1.165) is 25.7 Å². The summed E-state index contributed by atoms with van der Waals surface area (Å²) in [6, 6.07) is 0. The molecule has 2 rings (SSSR count). The first-order valence-corrected chi connectivity index (χ1v) is 7.28. The van der Waals surface area contributed by atoms with Crippen molar-refractivity contribution in [1.29, 1.82) is 0 Å². The molecule has 112 valence electrons. The van der Waals surface area contributed by atoms with Gasteiger partial charge in [-0.1, -0.05) is 19.8 Å². The number of nitrogens with one attached hydrogen (secondary N) is 1. The standard InChI is InChI=1S/C14H22N2O4/c1-10-5-2-3-7-14(10,13(19)20)15-11(17)9-16-8-4-6-12(16)18/h10H,2-9H2,1H3,(H,15,17)(H,19,20). The van der Waals surface area contributed by atoms with Crippen LogP contribution in [0, 0.1) is 5.92 Å². The van der Waals surface area contributed by atoms with E-state index in [1.54, 1.807) is 0 Å². The Hall–Kier alpha value is -1.59. The van der Waals surface area contributed by atoms with Crippen molar-refractivity contribution >= 4 is 17.8 Å². The van der Waals surface area contributed by atoms with Crippen LogP contribution >= 0.6 is 0 Å². The van der Waals surface area contributed by atoms with Crippen molar-refractivity contribution in [3.63, 3.8) is 0 Å². The van der Waals surface area contributed by atoms with E-state index in [9.17, 15) is 19.5 Å². The maximum absolute atomic E-state index is 12.1. The molecule has 0 aromatic carbocycles. The maximum atomic E-state index is 12.1. The van der Waals surface area contributed by atoms with Gasteiger partial charge in [0.2, 0.25) is 11.8 Å². The molecule has 2 aliphatic rings. The fourth-order valence-electron chi connectivity index (χ4n) is 3.24. The number of aliphatic carboxylic acids is 1. The normalized spacial score (nSPS) is 30.4. The highest BCUT2D eigenvalue weighted by Gasteiger charge is 2.46. The van der Waals surface area contributed by atoms with E-state index in [-0.39, 0.29) is 24.3 Å². The van der Waals surface area contributed by atoms with Gasteiger partial charge in [0.1, 0.15) is 5.54 Å². The summed E-state index contributed by atoms with van der Waals surface area (Å²) in [5, 5.41) is 12.2. The first-order valence-electron chi connectivity index (χ1n) is 7.28. The zero-order chi connectivity index (χ0) is 14.8. The van der Waals surface area contributed by atoms with Crippen LogP contribution < -0.4 is 5.32 Å². The second kappa shape index (κ2) is 5.81. The second-order valence-corrected chi connectivity index (χ2v) is 5.89. The van der Waals surface area contributed by atoms with Crippen LogP contribution in [-0.2, 0) is 14.4 Å². The third-order valence-electron chi connectivity index (χ3n) is 4.55. The molecule has 2 amide bonds. The first kappa shape index (κ1) is 14.8. The van der Waals surface area contributed by atoms with Crippen LogP contribution in [0.5, 0.6) is 0 Å². The lowest BCUT2D eigenvalue weighted by atomic mass is 9.73. The summed E-state index contributed by atoms with van der Waals surface area (Å²) in [6.07, 6.45) is 4.31. The molecular weight excluding hydrogens is 260 g/mol. The number of carbonyl (C=O) groups is 3. The second-order valence-electron chi connectivity index (χ2n) is 5.89. The van der Waals surface area contributed by atoms with E-state index < -0.39 is 11.5 Å². The minimum Gasteiger partial charge on any atom is -0.479 e. The Labute approximate surface area is 118 Å². The Kier molecular flexibility index (Phi) is 4.30. The van der Waals surface area contributed by atoms with Gasteiger partial charge in [-0.25, -0.2) is 4.79 Å². The van der Waals surface area contributed by atoms with Crippen LogP contribution in [0.15, 0.2) is 0 Å². The van der Waals surface area contributed by atoms with Gasteiger partial charge in [-0.15, -0.1) is 0 Å². The molecular formula is C14H22N2O4. The van der Waals surface area contributed by atoms with Crippen molar-refractivity contribution in [2.75, 3.05) is 13.1 Å². The van der Waals surface area contributed by atoms with Gasteiger partial charge in [-0.05, 0) is 25.2 Å². The third kappa shape index (κ3) is 2.78. The minimum absolute atomic E-state index is 0.0267. The van der Waals surface area contributed by atoms with Crippen LogP contribution in [-0.4, -0.2) is 46.4 Å². The summed E-state index contributed by atoms with van der Waals surface area (Å²) in [5.41, 5.74) is -1.17. The summed E-state index contributed by atoms with van der Waals surface area (Å²) in [5.74, 6) is -1.45. The van der Waals surface area contributed by atoms with Crippen LogP contribution in [0.2, 0.25) is 0 Å². The minimum atomic E-state index is -1.17. The van der Waals surface area contributed by atoms with E-state index >= 15 is 0 Å². The molecule has 1 aliphatic heterocycles. The molecule has 6 nitrogen and oxygen atoms in total. The van der Waals surface area contributed by atoms with Gasteiger partial charge in [-0.3, -0.25) is 9.59 Å². The highest BCUT2D eigenvalue weighted by molar-refractivity contribution is 5.90. The predicted octanol–water partition coefficient (Wildman–Crippen LogP) is 0.758. The lowest BCUT2D eigenvalue weighted by Crippen LogP contribution is -2.61. The van der Waals surface area contributed by atoms with Crippen LogP contribution in [0.25, 0.3) is 0 Å². The summed E-state index contributed by atoms with van der Waals surface area (Å²) in [6.45, 7) is 2.43. The van der Waals surface area contributed by atoms with Gasteiger partial charge in [0.25, 0.3) is 0 Å². The molecule has 1 saturated carbocycles. The van der Waals surface area contributed by atoms with E-state index in [2.05, 4.69) is 5.32 Å². The lowest BCUT2D eigenvalue weighted by Gasteiger charge is -2.39. The molecule has 1 heterocycles. The molecule has 0 aromatic rings. The average Bonchev–Trinajstić information content (AvgIpc) is 2.77. The summed E-state index contributed by atoms with van der Waals surface area (Å²) in [4.78, 5) is 36.7. The number of nitrogens with zero attached hydrogens (tertiary/aromatic N) is 1. The number of amides is 2. The van der Waals surface area contributed by atoms with Gasteiger partial charge < -0.3 is 15.3 Å². The largest absolute Gasteiger partial charge is 0.479 e. The Morgan fingerprint density at radius 2 is 2.15 bits per heavy atom. The SMILES string of the molecule is CC1CCCCC1(NC(=O)CN1CCCC1=O)C(=O)O. The number of carboxylic acid groups (broad SMARTS) is 1. The van der Waals surface area contributed by atoms with Gasteiger partial charge in [0.15, 0.2) is 0 Å². The summed E-state index contributed by atoms with van der Waals surface area (Å²) in [7, 11) is 0. The number of carbonyl (C=O) groups excluding carboxylic acids is 2. The van der Waals surface area contributed by atoms with Crippen molar-refractivity contribution in [1.82, 2.24) is 10.2 Å². The molecule has 2 N–H and O–H groups in total. The zero-order valence-electron chi connectivity index (χ0n) is 11.9. The fraction of sp³-hybridized carbons (Fsp3) is 0.786. The quantitative estimate of drug-likeness (QED) is 0.797. The lowest BCUT2D eigenvalue weighted by molar-refractivity contribution is -0.152.